The lowest BCUT2D eigenvalue weighted by Gasteiger charge is -2.26. The van der Waals surface area contributed by atoms with Crippen molar-refractivity contribution in [1.29, 1.82) is 0 Å². The van der Waals surface area contributed by atoms with E-state index in [4.69, 9.17) is 9.47 Å². The third-order valence-electron chi connectivity index (χ3n) is 4.61. The molecule has 6 nitrogen and oxygen atoms in total. The van der Waals surface area contributed by atoms with E-state index in [0.717, 1.165) is 37.4 Å². The van der Waals surface area contributed by atoms with Crippen molar-refractivity contribution in [2.75, 3.05) is 20.3 Å². The van der Waals surface area contributed by atoms with Crippen molar-refractivity contribution in [2.24, 2.45) is 0 Å². The Labute approximate surface area is 146 Å². The molecule has 1 aliphatic rings. The number of ether oxygens (including phenoxy) is 2. The van der Waals surface area contributed by atoms with Crippen LogP contribution >= 0.6 is 0 Å². The maximum Gasteiger partial charge on any atom is 0.316 e. The zero-order valence-corrected chi connectivity index (χ0v) is 14.6. The molecule has 0 saturated heterocycles. The number of H-pyrrole nitrogens is 1. The van der Waals surface area contributed by atoms with E-state index in [-0.39, 0.29) is 0 Å². The monoisotopic (exact) mass is 338 g/mol. The Morgan fingerprint density at radius 1 is 1.24 bits per heavy atom. The van der Waals surface area contributed by atoms with Crippen molar-refractivity contribution in [2.45, 2.75) is 26.4 Å². The Hall–Kier alpha value is -2.60. The van der Waals surface area contributed by atoms with Gasteiger partial charge in [0.2, 0.25) is 0 Å². The number of nitrogens with zero attached hydrogens (tertiary/aromatic N) is 3. The molecule has 3 aromatic rings. The highest BCUT2D eigenvalue weighted by atomic mass is 16.5. The number of benzene rings is 1. The number of methoxy groups -OCH3 is 1. The molecule has 1 aliphatic heterocycles. The molecule has 130 valence electrons. The van der Waals surface area contributed by atoms with Crippen LogP contribution in [0.4, 0.5) is 0 Å². The summed E-state index contributed by atoms with van der Waals surface area (Å²) in [5.41, 5.74) is 4.99. The van der Waals surface area contributed by atoms with Crippen LogP contribution in [-0.2, 0) is 19.5 Å². The number of aromatic nitrogens is 3. The summed E-state index contributed by atoms with van der Waals surface area (Å²) in [6, 6.07) is 6.69. The van der Waals surface area contributed by atoms with Crippen molar-refractivity contribution in [3.8, 4) is 11.8 Å². The third kappa shape index (κ3) is 3.17. The summed E-state index contributed by atoms with van der Waals surface area (Å²) in [6.45, 7) is 5.46. The van der Waals surface area contributed by atoms with Crippen LogP contribution < -0.4 is 9.47 Å². The summed E-state index contributed by atoms with van der Waals surface area (Å²) in [7, 11) is 1.58. The first kappa shape index (κ1) is 15.9. The fourth-order valence-corrected chi connectivity index (χ4v) is 3.43. The van der Waals surface area contributed by atoms with Crippen molar-refractivity contribution < 1.29 is 9.47 Å². The number of aromatic amines is 1. The molecule has 0 saturated carbocycles. The maximum absolute atomic E-state index is 5.66. The van der Waals surface area contributed by atoms with Gasteiger partial charge in [-0.3, -0.25) is 4.90 Å². The molecule has 0 radical (unpaired) electrons. The second-order valence-corrected chi connectivity index (χ2v) is 6.26. The Morgan fingerprint density at radius 3 is 2.84 bits per heavy atom. The quantitative estimate of drug-likeness (QED) is 0.775. The standard InChI is InChI=1S/C19H22N4O2/c1-3-25-14-4-5-17-15(8-14)16-12-23(7-6-18(16)22-17)11-13-9-20-19(24-2)21-10-13/h4-5,8-10,22H,3,6-7,11-12H2,1-2H3. The minimum absolute atomic E-state index is 0.407. The summed E-state index contributed by atoms with van der Waals surface area (Å²) < 4.78 is 10.7. The Kier molecular flexibility index (Phi) is 4.28. The van der Waals surface area contributed by atoms with Gasteiger partial charge in [-0.1, -0.05) is 0 Å². The molecule has 0 spiro atoms. The molecule has 1 aromatic carbocycles. The van der Waals surface area contributed by atoms with Gasteiger partial charge in [0.1, 0.15) is 5.75 Å². The van der Waals surface area contributed by atoms with Gasteiger partial charge in [-0.2, -0.15) is 0 Å². The smallest absolute Gasteiger partial charge is 0.316 e. The molecule has 0 fully saturated rings. The van der Waals surface area contributed by atoms with Crippen LogP contribution in [0.1, 0.15) is 23.7 Å². The molecule has 0 unspecified atom stereocenters. The van der Waals surface area contributed by atoms with E-state index in [1.807, 2.05) is 25.4 Å². The Morgan fingerprint density at radius 2 is 2.08 bits per heavy atom. The second-order valence-electron chi connectivity index (χ2n) is 6.26. The first-order valence-corrected chi connectivity index (χ1v) is 8.60. The van der Waals surface area contributed by atoms with Gasteiger partial charge in [0.15, 0.2) is 0 Å². The van der Waals surface area contributed by atoms with E-state index >= 15 is 0 Å². The highest BCUT2D eigenvalue weighted by molar-refractivity contribution is 5.86. The zero-order valence-electron chi connectivity index (χ0n) is 14.6. The minimum Gasteiger partial charge on any atom is -0.494 e. The van der Waals surface area contributed by atoms with Crippen LogP contribution in [0.25, 0.3) is 10.9 Å². The fourth-order valence-electron chi connectivity index (χ4n) is 3.43. The molecule has 0 bridgehead atoms. The minimum atomic E-state index is 0.407. The van der Waals surface area contributed by atoms with Gasteiger partial charge in [-0.15, -0.1) is 0 Å². The van der Waals surface area contributed by atoms with Crippen LogP contribution in [0.3, 0.4) is 0 Å². The Balaban J connectivity index is 1.56. The molecule has 0 aliphatic carbocycles. The third-order valence-corrected chi connectivity index (χ3v) is 4.61. The zero-order chi connectivity index (χ0) is 17.2. The van der Waals surface area contributed by atoms with E-state index < -0.39 is 0 Å². The first-order valence-electron chi connectivity index (χ1n) is 8.60. The van der Waals surface area contributed by atoms with Crippen molar-refractivity contribution >= 4 is 10.9 Å². The molecule has 0 atom stereocenters. The van der Waals surface area contributed by atoms with Gasteiger partial charge in [0.25, 0.3) is 0 Å². The maximum atomic E-state index is 5.66. The fraction of sp³-hybridized carbons (Fsp3) is 0.368. The van der Waals surface area contributed by atoms with Crippen LogP contribution in [0.5, 0.6) is 11.8 Å². The van der Waals surface area contributed by atoms with Gasteiger partial charge >= 0.3 is 6.01 Å². The van der Waals surface area contributed by atoms with Crippen LogP contribution in [-0.4, -0.2) is 40.1 Å². The number of rotatable bonds is 5. The van der Waals surface area contributed by atoms with E-state index in [2.05, 4.69) is 32.0 Å². The lowest BCUT2D eigenvalue weighted by Crippen LogP contribution is -2.29. The average molecular weight is 338 g/mol. The highest BCUT2D eigenvalue weighted by Crippen LogP contribution is 2.31. The number of nitrogens with one attached hydrogen (secondary N) is 1. The van der Waals surface area contributed by atoms with Gasteiger partial charge in [-0.25, -0.2) is 9.97 Å². The summed E-state index contributed by atoms with van der Waals surface area (Å²) >= 11 is 0. The second kappa shape index (κ2) is 6.72. The molecule has 6 heteroatoms. The summed E-state index contributed by atoms with van der Waals surface area (Å²) in [5.74, 6) is 0.928. The summed E-state index contributed by atoms with van der Waals surface area (Å²) in [6.07, 6.45) is 4.69. The van der Waals surface area contributed by atoms with Gasteiger partial charge < -0.3 is 14.5 Å². The lowest BCUT2D eigenvalue weighted by molar-refractivity contribution is 0.244. The van der Waals surface area contributed by atoms with E-state index in [1.165, 1.54) is 22.2 Å². The molecule has 3 heterocycles. The predicted molar refractivity (Wildman–Crippen MR) is 95.9 cm³/mol. The van der Waals surface area contributed by atoms with Crippen LogP contribution in [0.15, 0.2) is 30.6 Å². The first-order chi connectivity index (χ1) is 12.3. The normalized spacial score (nSPS) is 14.5. The van der Waals surface area contributed by atoms with E-state index in [9.17, 15) is 0 Å². The lowest BCUT2D eigenvalue weighted by atomic mass is 10.0. The molecule has 0 amide bonds. The van der Waals surface area contributed by atoms with E-state index in [0.29, 0.717) is 12.6 Å². The summed E-state index contributed by atoms with van der Waals surface area (Å²) in [4.78, 5) is 14.4. The number of hydrogen-bond donors (Lipinski definition) is 1. The SMILES string of the molecule is CCOc1ccc2[nH]c3c(c2c1)CN(Cc1cnc(OC)nc1)CC3. The molecule has 1 N–H and O–H groups in total. The van der Waals surface area contributed by atoms with Crippen molar-refractivity contribution in [3.63, 3.8) is 0 Å². The number of hydrogen-bond acceptors (Lipinski definition) is 5. The van der Waals surface area contributed by atoms with Crippen molar-refractivity contribution in [3.05, 3.63) is 47.4 Å². The molecule has 4 rings (SSSR count). The predicted octanol–water partition coefficient (Wildman–Crippen LogP) is 2.92. The molecule has 25 heavy (non-hydrogen) atoms. The van der Waals surface area contributed by atoms with Crippen molar-refractivity contribution in [1.82, 2.24) is 19.9 Å². The van der Waals surface area contributed by atoms with Gasteiger partial charge in [0, 0.05) is 60.6 Å². The topological polar surface area (TPSA) is 63.3 Å². The molecular weight excluding hydrogens is 316 g/mol. The highest BCUT2D eigenvalue weighted by Gasteiger charge is 2.21. The summed E-state index contributed by atoms with van der Waals surface area (Å²) in [5, 5.41) is 1.26. The largest absolute Gasteiger partial charge is 0.494 e. The molecule has 2 aromatic heterocycles. The van der Waals surface area contributed by atoms with Gasteiger partial charge in [-0.05, 0) is 30.7 Å². The van der Waals surface area contributed by atoms with Gasteiger partial charge in [0.05, 0.1) is 13.7 Å². The van der Waals surface area contributed by atoms with Crippen LogP contribution in [0, 0.1) is 0 Å². The van der Waals surface area contributed by atoms with Crippen LogP contribution in [0.2, 0.25) is 0 Å². The number of fused-ring (bicyclic) bond motifs is 3. The van der Waals surface area contributed by atoms with E-state index in [1.54, 1.807) is 7.11 Å². The Bertz CT molecular complexity index is 873. The average Bonchev–Trinajstić information content (AvgIpc) is 3.00. The molecular formula is C19H22N4O2.